The second kappa shape index (κ2) is 6.10. The van der Waals surface area contributed by atoms with E-state index in [0.29, 0.717) is 11.3 Å². The van der Waals surface area contributed by atoms with Crippen molar-refractivity contribution in [2.45, 2.75) is 59.4 Å². The van der Waals surface area contributed by atoms with Crippen molar-refractivity contribution in [3.05, 3.63) is 11.3 Å². The van der Waals surface area contributed by atoms with Crippen molar-refractivity contribution in [3.8, 4) is 6.07 Å². The number of hydrogen-bond donors (Lipinski definition) is 2. The minimum atomic E-state index is -0.457. The maximum Gasteiger partial charge on any atom is 0.265 e. The van der Waals surface area contributed by atoms with Crippen molar-refractivity contribution < 1.29 is 9.90 Å². The quantitative estimate of drug-likeness (QED) is 0.457. The Bertz CT molecular complexity index is 401. The lowest BCUT2D eigenvalue weighted by Gasteiger charge is -2.37. The predicted molar refractivity (Wildman–Crippen MR) is 74.3 cm³/mol. The Hall–Kier alpha value is -1.50. The molecule has 0 heterocycles. The van der Waals surface area contributed by atoms with E-state index in [4.69, 9.17) is 5.26 Å². The van der Waals surface area contributed by atoms with Gasteiger partial charge in [0, 0.05) is 6.04 Å². The molecule has 0 radical (unpaired) electrons. The summed E-state index contributed by atoms with van der Waals surface area (Å²) < 4.78 is 0. The molecule has 0 aliphatic heterocycles. The standard InChI is InChI=1S/C15H24N2O2/c1-10(18)13(9-16)14(19)17-12-7-5-11(6-8-12)15(2,3)4/h11-12,18H,5-8H2,1-4H3,(H,17,19)/t11-,12-. The van der Waals surface area contributed by atoms with E-state index in [1.807, 2.05) is 0 Å². The van der Waals surface area contributed by atoms with Gasteiger partial charge in [-0.25, -0.2) is 0 Å². The first kappa shape index (κ1) is 15.6. The average Bonchev–Trinajstić information content (AvgIpc) is 2.28. The summed E-state index contributed by atoms with van der Waals surface area (Å²) in [5.41, 5.74) is 0.131. The molecular formula is C15H24N2O2. The first-order chi connectivity index (χ1) is 8.75. The zero-order valence-corrected chi connectivity index (χ0v) is 12.3. The minimum absolute atomic E-state index is 0.119. The maximum atomic E-state index is 11.8. The molecule has 0 atom stereocenters. The molecule has 0 aromatic rings. The molecule has 1 aliphatic carbocycles. The first-order valence-corrected chi connectivity index (χ1v) is 6.86. The van der Waals surface area contributed by atoms with Crippen LogP contribution in [0.25, 0.3) is 0 Å². The lowest BCUT2D eigenvalue weighted by atomic mass is 9.71. The molecular weight excluding hydrogens is 240 g/mol. The van der Waals surface area contributed by atoms with Gasteiger partial charge in [-0.3, -0.25) is 4.79 Å². The summed E-state index contributed by atoms with van der Waals surface area (Å²) in [5.74, 6) is 0.0105. The van der Waals surface area contributed by atoms with Crippen molar-refractivity contribution in [1.82, 2.24) is 5.32 Å². The van der Waals surface area contributed by atoms with Gasteiger partial charge in [0.2, 0.25) is 0 Å². The van der Waals surface area contributed by atoms with E-state index in [9.17, 15) is 9.90 Å². The molecule has 4 nitrogen and oxygen atoms in total. The second-order valence-electron chi connectivity index (χ2n) is 6.46. The Morgan fingerprint density at radius 2 is 1.79 bits per heavy atom. The molecule has 19 heavy (non-hydrogen) atoms. The van der Waals surface area contributed by atoms with Gasteiger partial charge in [-0.2, -0.15) is 5.26 Å². The molecule has 4 heteroatoms. The molecule has 1 rings (SSSR count). The third-order valence-electron chi connectivity index (χ3n) is 3.99. The number of carbonyl (C=O) groups is 1. The van der Waals surface area contributed by atoms with Crippen molar-refractivity contribution >= 4 is 5.91 Å². The van der Waals surface area contributed by atoms with Gasteiger partial charge in [-0.05, 0) is 43.9 Å². The van der Waals surface area contributed by atoms with Crippen LogP contribution in [0.15, 0.2) is 11.3 Å². The van der Waals surface area contributed by atoms with Gasteiger partial charge >= 0.3 is 0 Å². The van der Waals surface area contributed by atoms with Crippen LogP contribution < -0.4 is 5.32 Å². The summed E-state index contributed by atoms with van der Waals surface area (Å²) in [4.78, 5) is 11.8. The van der Waals surface area contributed by atoms with Gasteiger partial charge in [0.05, 0.1) is 0 Å². The fraction of sp³-hybridized carbons (Fsp3) is 0.733. The molecule has 106 valence electrons. The monoisotopic (exact) mass is 264 g/mol. The van der Waals surface area contributed by atoms with Gasteiger partial charge in [0.15, 0.2) is 5.57 Å². The number of rotatable bonds is 2. The molecule has 0 unspecified atom stereocenters. The first-order valence-electron chi connectivity index (χ1n) is 6.86. The number of allylic oxidation sites excluding steroid dienone is 1. The molecule has 0 saturated heterocycles. The highest BCUT2D eigenvalue weighted by molar-refractivity contribution is 5.97. The van der Waals surface area contributed by atoms with Gasteiger partial charge < -0.3 is 10.4 Å². The highest BCUT2D eigenvalue weighted by Gasteiger charge is 2.30. The van der Waals surface area contributed by atoms with E-state index >= 15 is 0 Å². The van der Waals surface area contributed by atoms with Crippen molar-refractivity contribution in [2.75, 3.05) is 0 Å². The second-order valence-corrected chi connectivity index (χ2v) is 6.46. The minimum Gasteiger partial charge on any atom is -0.511 e. The summed E-state index contributed by atoms with van der Waals surface area (Å²) >= 11 is 0. The zero-order valence-electron chi connectivity index (χ0n) is 12.3. The largest absolute Gasteiger partial charge is 0.511 e. The van der Waals surface area contributed by atoms with Gasteiger partial charge in [0.1, 0.15) is 11.8 Å². The van der Waals surface area contributed by atoms with E-state index in [2.05, 4.69) is 26.1 Å². The van der Waals surface area contributed by atoms with E-state index < -0.39 is 5.91 Å². The molecule has 0 spiro atoms. The fourth-order valence-corrected chi connectivity index (χ4v) is 2.66. The number of carbonyl (C=O) groups excluding carboxylic acids is 1. The Labute approximate surface area is 115 Å². The molecule has 1 amide bonds. The maximum absolute atomic E-state index is 11.8. The molecule has 2 N–H and O–H groups in total. The summed E-state index contributed by atoms with van der Waals surface area (Å²) in [5, 5.41) is 20.9. The van der Waals surface area contributed by atoms with Crippen molar-refractivity contribution in [1.29, 1.82) is 5.26 Å². The van der Waals surface area contributed by atoms with E-state index in [0.717, 1.165) is 25.7 Å². The number of hydrogen-bond acceptors (Lipinski definition) is 3. The number of nitrogens with zero attached hydrogens (tertiary/aromatic N) is 1. The van der Waals surface area contributed by atoms with Gasteiger partial charge in [-0.15, -0.1) is 0 Å². The van der Waals surface area contributed by atoms with Crippen LogP contribution in [0.5, 0.6) is 0 Å². The van der Waals surface area contributed by atoms with Crippen molar-refractivity contribution in [3.63, 3.8) is 0 Å². The zero-order chi connectivity index (χ0) is 14.6. The lowest BCUT2D eigenvalue weighted by molar-refractivity contribution is -0.118. The number of amides is 1. The van der Waals surface area contributed by atoms with Crippen LogP contribution in [-0.4, -0.2) is 17.1 Å². The van der Waals surface area contributed by atoms with Crippen LogP contribution in [0.1, 0.15) is 53.4 Å². The Morgan fingerprint density at radius 1 is 1.26 bits per heavy atom. The van der Waals surface area contributed by atoms with Gasteiger partial charge in [-0.1, -0.05) is 20.8 Å². The third-order valence-corrected chi connectivity index (χ3v) is 3.99. The summed E-state index contributed by atoms with van der Waals surface area (Å²) in [7, 11) is 0. The number of aliphatic hydroxyl groups is 1. The van der Waals surface area contributed by atoms with Crippen LogP contribution in [0.3, 0.4) is 0 Å². The number of nitrogens with one attached hydrogen (secondary N) is 1. The third kappa shape index (κ3) is 4.27. The molecule has 0 aromatic heterocycles. The molecule has 1 fully saturated rings. The van der Waals surface area contributed by atoms with E-state index in [1.165, 1.54) is 6.92 Å². The van der Waals surface area contributed by atoms with E-state index in [-0.39, 0.29) is 17.4 Å². The molecule has 0 bridgehead atoms. The Morgan fingerprint density at radius 3 is 2.16 bits per heavy atom. The number of aliphatic hydroxyl groups excluding tert-OH is 1. The highest BCUT2D eigenvalue weighted by Crippen LogP contribution is 2.37. The lowest BCUT2D eigenvalue weighted by Crippen LogP contribution is -2.40. The summed E-state index contributed by atoms with van der Waals surface area (Å²) in [6, 6.07) is 1.86. The summed E-state index contributed by atoms with van der Waals surface area (Å²) in [6.07, 6.45) is 4.07. The molecule has 1 aliphatic rings. The average molecular weight is 264 g/mol. The highest BCUT2D eigenvalue weighted by atomic mass is 16.3. The Balaban J connectivity index is 2.53. The molecule has 0 aromatic carbocycles. The number of nitriles is 1. The normalized spacial score (nSPS) is 25.2. The molecule has 1 saturated carbocycles. The van der Waals surface area contributed by atoms with Crippen LogP contribution in [0.4, 0.5) is 0 Å². The van der Waals surface area contributed by atoms with Crippen LogP contribution in [-0.2, 0) is 4.79 Å². The van der Waals surface area contributed by atoms with Crippen LogP contribution >= 0.6 is 0 Å². The van der Waals surface area contributed by atoms with Crippen molar-refractivity contribution in [2.24, 2.45) is 11.3 Å². The van der Waals surface area contributed by atoms with E-state index in [1.54, 1.807) is 6.07 Å². The van der Waals surface area contributed by atoms with Crippen LogP contribution in [0.2, 0.25) is 0 Å². The topological polar surface area (TPSA) is 73.1 Å². The van der Waals surface area contributed by atoms with Gasteiger partial charge in [0.25, 0.3) is 5.91 Å². The Kier molecular flexibility index (Phi) is 4.99. The predicted octanol–water partition coefficient (Wildman–Crippen LogP) is 3.06. The summed E-state index contributed by atoms with van der Waals surface area (Å²) in [6.45, 7) is 8.11. The fourth-order valence-electron chi connectivity index (χ4n) is 2.66. The SMILES string of the molecule is CC(O)=C(C#N)C(=O)N[C@H]1CC[C@H](C(C)(C)C)CC1. The van der Waals surface area contributed by atoms with Crippen LogP contribution in [0, 0.1) is 22.7 Å². The smallest absolute Gasteiger partial charge is 0.265 e.